The molecular weight excluding hydrogens is 217 g/mol. The third kappa shape index (κ3) is 2.02. The van der Waals surface area contributed by atoms with Crippen LogP contribution in [0.1, 0.15) is 30.9 Å². The van der Waals surface area contributed by atoms with Crippen LogP contribution in [0.2, 0.25) is 0 Å². The molecule has 0 saturated carbocycles. The smallest absolute Gasteiger partial charge is 0.149 e. The second-order valence-corrected chi connectivity index (χ2v) is 4.54. The molecule has 0 atom stereocenters. The van der Waals surface area contributed by atoms with Gasteiger partial charge in [-0.15, -0.1) is 0 Å². The van der Waals surface area contributed by atoms with E-state index in [1.54, 1.807) is 12.1 Å². The molecule has 3 nitrogen and oxygen atoms in total. The van der Waals surface area contributed by atoms with E-state index in [-0.39, 0.29) is 11.7 Å². The van der Waals surface area contributed by atoms with Gasteiger partial charge in [-0.05, 0) is 25.0 Å². The highest BCUT2D eigenvalue weighted by Crippen LogP contribution is 2.33. The molecule has 0 aliphatic rings. The van der Waals surface area contributed by atoms with Crippen molar-refractivity contribution in [3.63, 3.8) is 0 Å². The van der Waals surface area contributed by atoms with Gasteiger partial charge in [0.05, 0.1) is 5.69 Å². The lowest BCUT2D eigenvalue weighted by Gasteiger charge is -2.09. The summed E-state index contributed by atoms with van der Waals surface area (Å²) < 4.78 is 13.8. The second-order valence-electron chi connectivity index (χ2n) is 4.54. The number of nitrogens with zero attached hydrogens (tertiary/aromatic N) is 1. The van der Waals surface area contributed by atoms with Gasteiger partial charge in [0.25, 0.3) is 0 Å². The standard InChI is InChI=1S/C13H16FN3/c1-7(2)11-12(16-17-13(11)15)9-6-8(3)4-5-10(9)14/h4-7H,1-3H3,(H3,15,16,17). The number of benzene rings is 1. The van der Waals surface area contributed by atoms with Crippen LogP contribution in [0, 0.1) is 12.7 Å². The number of aromatic amines is 1. The maximum Gasteiger partial charge on any atom is 0.149 e. The third-order valence-electron chi connectivity index (χ3n) is 2.80. The molecule has 0 bridgehead atoms. The summed E-state index contributed by atoms with van der Waals surface area (Å²) in [5, 5.41) is 6.80. The number of nitrogens with one attached hydrogen (secondary N) is 1. The van der Waals surface area contributed by atoms with Crippen LogP contribution in [-0.2, 0) is 0 Å². The van der Waals surface area contributed by atoms with E-state index in [0.29, 0.717) is 17.1 Å². The lowest BCUT2D eigenvalue weighted by atomic mass is 9.97. The van der Waals surface area contributed by atoms with Crippen molar-refractivity contribution >= 4 is 5.82 Å². The van der Waals surface area contributed by atoms with Crippen LogP contribution in [0.25, 0.3) is 11.3 Å². The van der Waals surface area contributed by atoms with Crippen LogP contribution in [0.3, 0.4) is 0 Å². The van der Waals surface area contributed by atoms with Gasteiger partial charge in [-0.25, -0.2) is 4.39 Å². The van der Waals surface area contributed by atoms with Gasteiger partial charge in [0, 0.05) is 11.1 Å². The number of halogens is 1. The van der Waals surface area contributed by atoms with Crippen molar-refractivity contribution in [3.8, 4) is 11.3 Å². The minimum absolute atomic E-state index is 0.198. The van der Waals surface area contributed by atoms with E-state index < -0.39 is 0 Å². The van der Waals surface area contributed by atoms with Gasteiger partial charge in [0.15, 0.2) is 0 Å². The zero-order valence-corrected chi connectivity index (χ0v) is 10.2. The number of hydrogen-bond acceptors (Lipinski definition) is 2. The van der Waals surface area contributed by atoms with Crippen molar-refractivity contribution < 1.29 is 4.39 Å². The molecule has 17 heavy (non-hydrogen) atoms. The molecule has 0 radical (unpaired) electrons. The number of aromatic nitrogens is 2. The highest BCUT2D eigenvalue weighted by molar-refractivity contribution is 5.69. The maximum atomic E-state index is 13.8. The van der Waals surface area contributed by atoms with Crippen LogP contribution in [0.5, 0.6) is 0 Å². The molecule has 90 valence electrons. The molecule has 0 aliphatic heterocycles. The van der Waals surface area contributed by atoms with E-state index >= 15 is 0 Å². The average Bonchev–Trinajstić information content (AvgIpc) is 2.64. The van der Waals surface area contributed by atoms with Crippen molar-refractivity contribution in [3.05, 3.63) is 35.1 Å². The lowest BCUT2D eigenvalue weighted by Crippen LogP contribution is -1.96. The summed E-state index contributed by atoms with van der Waals surface area (Å²) in [6, 6.07) is 5.01. The normalized spacial score (nSPS) is 11.1. The zero-order valence-electron chi connectivity index (χ0n) is 10.2. The van der Waals surface area contributed by atoms with Crippen molar-refractivity contribution in [2.45, 2.75) is 26.7 Å². The number of nitrogens with two attached hydrogens (primary N) is 1. The van der Waals surface area contributed by atoms with Gasteiger partial charge in [0.2, 0.25) is 0 Å². The zero-order chi connectivity index (χ0) is 12.6. The summed E-state index contributed by atoms with van der Waals surface area (Å²) in [4.78, 5) is 0. The first kappa shape index (κ1) is 11.6. The Labute approximate surface area is 99.9 Å². The molecule has 0 aliphatic carbocycles. The van der Waals surface area contributed by atoms with Gasteiger partial charge in [-0.1, -0.05) is 25.5 Å². The van der Waals surface area contributed by atoms with E-state index in [9.17, 15) is 4.39 Å². The highest BCUT2D eigenvalue weighted by atomic mass is 19.1. The lowest BCUT2D eigenvalue weighted by molar-refractivity contribution is 0.630. The molecule has 0 saturated heterocycles. The average molecular weight is 233 g/mol. The third-order valence-corrected chi connectivity index (χ3v) is 2.80. The van der Waals surface area contributed by atoms with Gasteiger partial charge >= 0.3 is 0 Å². The van der Waals surface area contributed by atoms with Gasteiger partial charge in [0.1, 0.15) is 11.6 Å². The Bertz CT molecular complexity index is 544. The fourth-order valence-electron chi connectivity index (χ4n) is 1.99. The second kappa shape index (κ2) is 4.20. The van der Waals surface area contributed by atoms with E-state index in [4.69, 9.17) is 5.73 Å². The summed E-state index contributed by atoms with van der Waals surface area (Å²) in [6.45, 7) is 5.95. The Morgan fingerprint density at radius 1 is 1.35 bits per heavy atom. The highest BCUT2D eigenvalue weighted by Gasteiger charge is 2.18. The molecule has 1 heterocycles. The number of aryl methyl sites for hydroxylation is 1. The summed E-state index contributed by atoms with van der Waals surface area (Å²) in [7, 11) is 0. The number of H-pyrrole nitrogens is 1. The molecule has 4 heteroatoms. The van der Waals surface area contributed by atoms with Crippen molar-refractivity contribution in [2.24, 2.45) is 0 Å². The molecule has 0 spiro atoms. The molecule has 3 N–H and O–H groups in total. The van der Waals surface area contributed by atoms with Crippen LogP contribution in [-0.4, -0.2) is 10.2 Å². The summed E-state index contributed by atoms with van der Waals surface area (Å²) in [5.41, 5.74) is 8.88. The first-order valence-corrected chi connectivity index (χ1v) is 5.61. The number of anilines is 1. The summed E-state index contributed by atoms with van der Waals surface area (Å²) in [6.07, 6.45) is 0. The van der Waals surface area contributed by atoms with Crippen molar-refractivity contribution in [1.29, 1.82) is 0 Å². The van der Waals surface area contributed by atoms with Gasteiger partial charge in [-0.3, -0.25) is 5.10 Å². The molecule has 0 unspecified atom stereocenters. The molecule has 1 aromatic carbocycles. The van der Waals surface area contributed by atoms with Crippen LogP contribution >= 0.6 is 0 Å². The van der Waals surface area contributed by atoms with Crippen molar-refractivity contribution in [1.82, 2.24) is 10.2 Å². The van der Waals surface area contributed by atoms with Crippen LogP contribution in [0.4, 0.5) is 10.2 Å². The minimum atomic E-state index is -0.263. The molecule has 0 amide bonds. The van der Waals surface area contributed by atoms with E-state index in [1.807, 2.05) is 20.8 Å². The van der Waals surface area contributed by atoms with E-state index in [1.165, 1.54) is 6.07 Å². The Kier molecular flexibility index (Phi) is 2.88. The Balaban J connectivity index is 2.64. The topological polar surface area (TPSA) is 54.7 Å². The number of nitrogen functional groups attached to an aromatic ring is 1. The summed E-state index contributed by atoms with van der Waals surface area (Å²) in [5.74, 6) is 0.376. The Morgan fingerprint density at radius 3 is 2.71 bits per heavy atom. The summed E-state index contributed by atoms with van der Waals surface area (Å²) >= 11 is 0. The predicted octanol–water partition coefficient (Wildman–Crippen LogP) is 3.23. The number of rotatable bonds is 2. The SMILES string of the molecule is Cc1ccc(F)c(-c2[nH]nc(N)c2C(C)C)c1. The monoisotopic (exact) mass is 233 g/mol. The molecular formula is C13H16FN3. The minimum Gasteiger partial charge on any atom is -0.382 e. The Morgan fingerprint density at radius 2 is 2.06 bits per heavy atom. The van der Waals surface area contributed by atoms with E-state index in [0.717, 1.165) is 11.1 Å². The quantitative estimate of drug-likeness (QED) is 0.836. The van der Waals surface area contributed by atoms with Crippen molar-refractivity contribution in [2.75, 3.05) is 5.73 Å². The maximum absolute atomic E-state index is 13.8. The first-order valence-electron chi connectivity index (χ1n) is 5.61. The largest absolute Gasteiger partial charge is 0.382 e. The van der Waals surface area contributed by atoms with Gasteiger partial charge in [-0.2, -0.15) is 5.10 Å². The molecule has 2 aromatic rings. The molecule has 1 aromatic heterocycles. The predicted molar refractivity (Wildman–Crippen MR) is 67.2 cm³/mol. The Hall–Kier alpha value is -1.84. The molecule has 0 fully saturated rings. The van der Waals surface area contributed by atoms with Crippen LogP contribution in [0.15, 0.2) is 18.2 Å². The number of hydrogen-bond donors (Lipinski definition) is 2. The first-order chi connectivity index (χ1) is 8.00. The fraction of sp³-hybridized carbons (Fsp3) is 0.308. The fourth-order valence-corrected chi connectivity index (χ4v) is 1.99. The van der Waals surface area contributed by atoms with Crippen LogP contribution < -0.4 is 5.73 Å². The van der Waals surface area contributed by atoms with E-state index in [2.05, 4.69) is 10.2 Å². The van der Waals surface area contributed by atoms with Gasteiger partial charge < -0.3 is 5.73 Å². The molecule has 2 rings (SSSR count).